The highest BCUT2D eigenvalue weighted by Crippen LogP contribution is 2.38. The summed E-state index contributed by atoms with van der Waals surface area (Å²) in [5, 5.41) is 1.35. The number of hydrogen-bond donors (Lipinski definition) is 0. The molecular formula is C13H13Cl2N. The highest BCUT2D eigenvalue weighted by molar-refractivity contribution is 6.42. The molecule has 0 saturated carbocycles. The Bertz CT molecular complexity index is 465. The van der Waals surface area contributed by atoms with E-state index in [9.17, 15) is 0 Å². The van der Waals surface area contributed by atoms with Crippen LogP contribution < -0.4 is 0 Å². The number of aliphatic imine (C=N–C) groups is 1. The van der Waals surface area contributed by atoms with Crippen molar-refractivity contribution in [3.8, 4) is 0 Å². The topological polar surface area (TPSA) is 12.4 Å². The number of aryl methyl sites for hydroxylation is 1. The quantitative estimate of drug-likeness (QED) is 0.656. The maximum Gasteiger partial charge on any atom is 0.0595 e. The number of halogens is 2. The summed E-state index contributed by atoms with van der Waals surface area (Å²) in [6.45, 7) is 1.00. The molecule has 0 N–H and O–H groups in total. The molecular weight excluding hydrogens is 241 g/mol. The Morgan fingerprint density at radius 1 is 1.12 bits per heavy atom. The Kier molecular flexibility index (Phi) is 2.68. The van der Waals surface area contributed by atoms with Gasteiger partial charge in [-0.05, 0) is 48.9 Å². The molecule has 1 heterocycles. The summed E-state index contributed by atoms with van der Waals surface area (Å²) in [6, 6.07) is 4.08. The Morgan fingerprint density at radius 2 is 1.94 bits per heavy atom. The van der Waals surface area contributed by atoms with Gasteiger partial charge in [0.25, 0.3) is 0 Å². The van der Waals surface area contributed by atoms with E-state index in [-0.39, 0.29) is 0 Å². The summed E-state index contributed by atoms with van der Waals surface area (Å²) in [6.07, 6.45) is 4.55. The Hall–Kier alpha value is -0.530. The molecule has 0 aromatic heterocycles. The summed E-state index contributed by atoms with van der Waals surface area (Å²) in [5.41, 5.74) is 4.09. The first-order chi connectivity index (χ1) is 7.75. The van der Waals surface area contributed by atoms with E-state index >= 15 is 0 Å². The van der Waals surface area contributed by atoms with E-state index < -0.39 is 0 Å². The van der Waals surface area contributed by atoms with Crippen molar-refractivity contribution in [3.63, 3.8) is 0 Å². The monoisotopic (exact) mass is 253 g/mol. The molecule has 1 unspecified atom stereocenters. The van der Waals surface area contributed by atoms with Crippen LogP contribution in [-0.2, 0) is 6.42 Å². The molecule has 1 nitrogen and oxygen atoms in total. The van der Waals surface area contributed by atoms with Gasteiger partial charge in [0, 0.05) is 18.2 Å². The average Bonchev–Trinajstić information content (AvgIpc) is 2.31. The van der Waals surface area contributed by atoms with Crippen molar-refractivity contribution in [2.24, 2.45) is 4.99 Å². The lowest BCUT2D eigenvalue weighted by molar-refractivity contribution is 0.639. The van der Waals surface area contributed by atoms with Crippen molar-refractivity contribution in [2.75, 3.05) is 6.54 Å². The van der Waals surface area contributed by atoms with Crippen LogP contribution in [0.2, 0.25) is 10.0 Å². The average molecular weight is 254 g/mol. The molecule has 0 radical (unpaired) electrons. The van der Waals surface area contributed by atoms with Crippen LogP contribution in [0.1, 0.15) is 36.3 Å². The molecule has 0 fully saturated rings. The molecule has 16 heavy (non-hydrogen) atoms. The van der Waals surface area contributed by atoms with E-state index in [2.05, 4.69) is 4.99 Å². The fourth-order valence-electron chi connectivity index (χ4n) is 2.79. The molecule has 1 aliphatic heterocycles. The van der Waals surface area contributed by atoms with Gasteiger partial charge in [-0.15, -0.1) is 0 Å². The van der Waals surface area contributed by atoms with Crippen LogP contribution in [0.4, 0.5) is 0 Å². The summed E-state index contributed by atoms with van der Waals surface area (Å²) < 4.78 is 0. The zero-order valence-corrected chi connectivity index (χ0v) is 10.5. The molecule has 2 aliphatic rings. The van der Waals surface area contributed by atoms with Gasteiger partial charge in [-0.3, -0.25) is 4.99 Å². The van der Waals surface area contributed by atoms with Crippen LogP contribution in [0.3, 0.4) is 0 Å². The van der Waals surface area contributed by atoms with E-state index in [1.807, 2.05) is 12.1 Å². The van der Waals surface area contributed by atoms with Crippen LogP contribution in [0.5, 0.6) is 0 Å². The Labute approximate surface area is 105 Å². The van der Waals surface area contributed by atoms with Gasteiger partial charge in [0.2, 0.25) is 0 Å². The third-order valence-corrected chi connectivity index (χ3v) is 4.30. The second kappa shape index (κ2) is 4.05. The fourth-order valence-corrected chi connectivity index (χ4v) is 3.15. The molecule has 84 valence electrons. The predicted molar refractivity (Wildman–Crippen MR) is 69.1 cm³/mol. The standard InChI is InChI=1S/C13H13Cl2N/c14-11-6-8-3-4-13-9(2-1-5-16-13)10(8)7-12(11)15/h6-7,9H,1-5H2. The lowest BCUT2D eigenvalue weighted by atomic mass is 9.78. The Balaban J connectivity index is 2.11. The van der Waals surface area contributed by atoms with E-state index in [1.54, 1.807) is 0 Å². The van der Waals surface area contributed by atoms with Crippen molar-refractivity contribution < 1.29 is 0 Å². The number of nitrogens with zero attached hydrogens (tertiary/aromatic N) is 1. The van der Waals surface area contributed by atoms with Gasteiger partial charge >= 0.3 is 0 Å². The highest BCUT2D eigenvalue weighted by atomic mass is 35.5. The normalized spacial score (nSPS) is 23.4. The molecule has 0 bridgehead atoms. The minimum absolute atomic E-state index is 0.507. The van der Waals surface area contributed by atoms with Crippen molar-refractivity contribution in [1.82, 2.24) is 0 Å². The number of fused-ring (bicyclic) bond motifs is 3. The van der Waals surface area contributed by atoms with Gasteiger partial charge in [-0.1, -0.05) is 23.2 Å². The summed E-state index contributed by atoms with van der Waals surface area (Å²) >= 11 is 12.2. The lowest BCUT2D eigenvalue weighted by Gasteiger charge is -2.30. The minimum atomic E-state index is 0.507. The van der Waals surface area contributed by atoms with Gasteiger partial charge in [0.15, 0.2) is 0 Å². The molecule has 1 aliphatic carbocycles. The first-order valence-electron chi connectivity index (χ1n) is 5.77. The van der Waals surface area contributed by atoms with Crippen molar-refractivity contribution in [2.45, 2.75) is 31.6 Å². The second-order valence-electron chi connectivity index (χ2n) is 4.53. The molecule has 3 rings (SSSR count). The lowest BCUT2D eigenvalue weighted by Crippen LogP contribution is -2.24. The molecule has 0 saturated heterocycles. The van der Waals surface area contributed by atoms with Crippen LogP contribution in [0.15, 0.2) is 17.1 Å². The number of rotatable bonds is 0. The van der Waals surface area contributed by atoms with E-state index in [0.29, 0.717) is 16.0 Å². The van der Waals surface area contributed by atoms with Gasteiger partial charge in [-0.2, -0.15) is 0 Å². The van der Waals surface area contributed by atoms with Gasteiger partial charge in [-0.25, -0.2) is 0 Å². The van der Waals surface area contributed by atoms with Crippen molar-refractivity contribution in [3.05, 3.63) is 33.3 Å². The Morgan fingerprint density at radius 3 is 2.81 bits per heavy atom. The van der Waals surface area contributed by atoms with Crippen LogP contribution in [0.25, 0.3) is 0 Å². The number of hydrogen-bond acceptors (Lipinski definition) is 1. The highest BCUT2D eigenvalue weighted by Gasteiger charge is 2.28. The molecule has 0 amide bonds. The largest absolute Gasteiger partial charge is 0.293 e. The molecule has 1 aromatic carbocycles. The maximum atomic E-state index is 6.11. The van der Waals surface area contributed by atoms with Gasteiger partial charge in [0.1, 0.15) is 0 Å². The van der Waals surface area contributed by atoms with Gasteiger partial charge < -0.3 is 0 Å². The summed E-state index contributed by atoms with van der Waals surface area (Å²) in [5.74, 6) is 0.507. The molecule has 1 atom stereocenters. The SMILES string of the molecule is Clc1cc2c(cc1Cl)C1CCCN=C1CC2. The first kappa shape index (κ1) is 10.6. The van der Waals surface area contributed by atoms with E-state index in [4.69, 9.17) is 23.2 Å². The molecule has 0 spiro atoms. The van der Waals surface area contributed by atoms with Gasteiger partial charge in [0.05, 0.1) is 10.0 Å². The van der Waals surface area contributed by atoms with E-state index in [0.717, 1.165) is 19.4 Å². The molecule has 3 heteroatoms. The van der Waals surface area contributed by atoms with E-state index in [1.165, 1.54) is 29.7 Å². The third kappa shape index (κ3) is 1.66. The van der Waals surface area contributed by atoms with Crippen LogP contribution >= 0.6 is 23.2 Å². The zero-order chi connectivity index (χ0) is 11.1. The minimum Gasteiger partial charge on any atom is -0.293 e. The summed E-state index contributed by atoms with van der Waals surface area (Å²) in [4.78, 5) is 4.64. The fraction of sp³-hybridized carbons (Fsp3) is 0.462. The first-order valence-corrected chi connectivity index (χ1v) is 6.52. The van der Waals surface area contributed by atoms with Crippen LogP contribution in [0, 0.1) is 0 Å². The third-order valence-electron chi connectivity index (χ3n) is 3.58. The second-order valence-corrected chi connectivity index (χ2v) is 5.35. The van der Waals surface area contributed by atoms with Crippen molar-refractivity contribution in [1.29, 1.82) is 0 Å². The predicted octanol–water partition coefficient (Wildman–Crippen LogP) is 4.26. The smallest absolute Gasteiger partial charge is 0.0595 e. The van der Waals surface area contributed by atoms with Crippen molar-refractivity contribution >= 4 is 28.9 Å². The molecule has 1 aromatic rings. The zero-order valence-electron chi connectivity index (χ0n) is 8.97. The van der Waals surface area contributed by atoms with Crippen LogP contribution in [-0.4, -0.2) is 12.3 Å². The maximum absolute atomic E-state index is 6.11. The summed E-state index contributed by atoms with van der Waals surface area (Å²) in [7, 11) is 0. The number of benzene rings is 1.